The Morgan fingerprint density at radius 2 is 1.08 bits per heavy atom. The van der Waals surface area contributed by atoms with Gasteiger partial charge in [-0.15, -0.1) is 22.7 Å². The monoisotopic (exact) mass is 494 g/mol. The Kier molecular flexibility index (Phi) is 4.49. The second-order valence-electron chi connectivity index (χ2n) is 9.74. The topological polar surface area (TPSA) is 0 Å². The minimum atomic E-state index is 1.02. The van der Waals surface area contributed by atoms with E-state index in [-0.39, 0.29) is 0 Å². The highest BCUT2D eigenvalue weighted by Crippen LogP contribution is 2.49. The van der Waals surface area contributed by atoms with Gasteiger partial charge in [0.1, 0.15) is 0 Å². The number of fused-ring (bicyclic) bond motifs is 6. The highest BCUT2D eigenvalue weighted by atomic mass is 32.1. The molecule has 0 unspecified atom stereocenters. The van der Waals surface area contributed by atoms with Gasteiger partial charge in [-0.25, -0.2) is 0 Å². The third kappa shape index (κ3) is 3.05. The fourth-order valence-electron chi connectivity index (χ4n) is 6.06. The summed E-state index contributed by atoms with van der Waals surface area (Å²) in [6, 6.07) is 36.3. The lowest BCUT2D eigenvalue weighted by Crippen LogP contribution is -1.88. The maximum atomic E-state index is 2.45. The highest BCUT2D eigenvalue weighted by molar-refractivity contribution is 7.21. The highest BCUT2D eigenvalue weighted by Gasteiger charge is 2.24. The summed E-state index contributed by atoms with van der Waals surface area (Å²) in [4.78, 5) is 2.72. The SMILES string of the molecule is c1csc(-c2scc(-c3ccc4c(c3)Cc3ccccc3-4)c2-c2ccc3c(c2)Cc2ccccc2-3)c1. The first kappa shape index (κ1) is 20.5. The van der Waals surface area contributed by atoms with E-state index in [0.717, 1.165) is 12.8 Å². The van der Waals surface area contributed by atoms with Crippen molar-refractivity contribution in [3.63, 3.8) is 0 Å². The number of thiophene rings is 2. The standard InChI is InChI=1S/C34H22S2/c1-3-8-27-21(6-1)16-25-18-23(11-13-29(25)27)31-20-36-34(32-10-5-15-35-32)33(31)24-12-14-30-26(19-24)17-22-7-2-4-9-28(22)30/h1-15,18-20H,16-17H2. The lowest BCUT2D eigenvalue weighted by Gasteiger charge is -2.12. The van der Waals surface area contributed by atoms with Crippen LogP contribution in [0.4, 0.5) is 0 Å². The molecule has 2 heterocycles. The first-order valence-electron chi connectivity index (χ1n) is 12.4. The minimum absolute atomic E-state index is 1.02. The molecule has 0 nitrogen and oxygen atoms in total. The van der Waals surface area contributed by atoms with Crippen LogP contribution in [-0.4, -0.2) is 0 Å². The van der Waals surface area contributed by atoms with Crippen molar-refractivity contribution >= 4 is 22.7 Å². The molecule has 0 saturated heterocycles. The number of hydrogen-bond acceptors (Lipinski definition) is 2. The zero-order valence-electron chi connectivity index (χ0n) is 19.6. The van der Waals surface area contributed by atoms with Crippen molar-refractivity contribution in [3.8, 4) is 54.3 Å². The van der Waals surface area contributed by atoms with Gasteiger partial charge in [0.05, 0.1) is 4.88 Å². The van der Waals surface area contributed by atoms with Crippen LogP contribution in [0.1, 0.15) is 22.3 Å². The first-order valence-corrected chi connectivity index (χ1v) is 14.2. The van der Waals surface area contributed by atoms with E-state index in [1.54, 1.807) is 0 Å². The van der Waals surface area contributed by atoms with Crippen molar-refractivity contribution in [2.24, 2.45) is 0 Å². The molecule has 0 bridgehead atoms. The Hall–Kier alpha value is -3.72. The Labute approximate surface area is 219 Å². The van der Waals surface area contributed by atoms with Crippen molar-refractivity contribution in [1.29, 1.82) is 0 Å². The fourth-order valence-corrected chi connectivity index (χ4v) is 8.04. The molecule has 0 fully saturated rings. The molecule has 2 heteroatoms. The van der Waals surface area contributed by atoms with E-state index in [0.29, 0.717) is 0 Å². The largest absolute Gasteiger partial charge is 0.143 e. The van der Waals surface area contributed by atoms with Crippen LogP contribution in [0, 0.1) is 0 Å². The molecule has 0 atom stereocenters. The van der Waals surface area contributed by atoms with Gasteiger partial charge in [0.2, 0.25) is 0 Å². The maximum absolute atomic E-state index is 2.45. The van der Waals surface area contributed by atoms with Crippen LogP contribution in [-0.2, 0) is 12.8 Å². The van der Waals surface area contributed by atoms with Gasteiger partial charge < -0.3 is 0 Å². The Morgan fingerprint density at radius 3 is 1.75 bits per heavy atom. The van der Waals surface area contributed by atoms with Crippen molar-refractivity contribution in [1.82, 2.24) is 0 Å². The third-order valence-electron chi connectivity index (χ3n) is 7.72. The lowest BCUT2D eigenvalue weighted by molar-refractivity contribution is 1.26. The van der Waals surface area contributed by atoms with E-state index in [1.165, 1.54) is 76.5 Å². The van der Waals surface area contributed by atoms with E-state index in [2.05, 4.69) is 108 Å². The van der Waals surface area contributed by atoms with E-state index in [1.807, 2.05) is 22.7 Å². The summed E-state index contributed by atoms with van der Waals surface area (Å²) in [5.41, 5.74) is 16.7. The number of rotatable bonds is 3. The van der Waals surface area contributed by atoms with Crippen LogP contribution in [0.3, 0.4) is 0 Å². The average Bonchev–Trinajstić information content (AvgIpc) is 3.71. The molecule has 4 aromatic carbocycles. The molecule has 36 heavy (non-hydrogen) atoms. The smallest absolute Gasteiger partial charge is 0.0527 e. The van der Waals surface area contributed by atoms with E-state index in [4.69, 9.17) is 0 Å². The van der Waals surface area contributed by atoms with E-state index < -0.39 is 0 Å². The predicted octanol–water partition coefficient (Wildman–Crippen LogP) is 9.95. The molecule has 6 aromatic rings. The summed E-state index contributed by atoms with van der Waals surface area (Å²) < 4.78 is 0. The average molecular weight is 495 g/mol. The second kappa shape index (κ2) is 7.89. The zero-order chi connectivity index (χ0) is 23.6. The van der Waals surface area contributed by atoms with Gasteiger partial charge in [-0.3, -0.25) is 0 Å². The van der Waals surface area contributed by atoms with Crippen LogP contribution >= 0.6 is 22.7 Å². The Bertz CT molecular complexity index is 1780. The molecular formula is C34H22S2. The summed E-state index contributed by atoms with van der Waals surface area (Å²) in [6.45, 7) is 0. The molecule has 8 rings (SSSR count). The fraction of sp³-hybridized carbons (Fsp3) is 0.0588. The van der Waals surface area contributed by atoms with Crippen molar-refractivity contribution < 1.29 is 0 Å². The summed E-state index contributed by atoms with van der Waals surface area (Å²) in [5.74, 6) is 0. The Balaban J connectivity index is 1.29. The van der Waals surface area contributed by atoms with Gasteiger partial charge in [0.25, 0.3) is 0 Å². The molecule has 2 aliphatic carbocycles. The molecular weight excluding hydrogens is 473 g/mol. The molecule has 0 spiro atoms. The number of hydrogen-bond donors (Lipinski definition) is 0. The van der Waals surface area contributed by atoms with Crippen LogP contribution in [0.2, 0.25) is 0 Å². The van der Waals surface area contributed by atoms with E-state index in [9.17, 15) is 0 Å². The molecule has 170 valence electrons. The molecule has 0 N–H and O–H groups in total. The summed E-state index contributed by atoms with van der Waals surface area (Å²) in [7, 11) is 0. The predicted molar refractivity (Wildman–Crippen MR) is 155 cm³/mol. The quantitative estimate of drug-likeness (QED) is 0.229. The van der Waals surface area contributed by atoms with Crippen molar-refractivity contribution in [2.45, 2.75) is 12.8 Å². The van der Waals surface area contributed by atoms with E-state index >= 15 is 0 Å². The summed E-state index contributed by atoms with van der Waals surface area (Å²) in [6.07, 6.45) is 2.04. The van der Waals surface area contributed by atoms with Gasteiger partial charge in [-0.05, 0) is 85.3 Å². The Morgan fingerprint density at radius 1 is 0.472 bits per heavy atom. The molecule has 0 aliphatic heterocycles. The van der Waals surface area contributed by atoms with Gasteiger partial charge >= 0.3 is 0 Å². The molecule has 0 amide bonds. The van der Waals surface area contributed by atoms with Gasteiger partial charge in [0, 0.05) is 16.0 Å². The van der Waals surface area contributed by atoms with Crippen LogP contribution < -0.4 is 0 Å². The van der Waals surface area contributed by atoms with Crippen LogP contribution in [0.5, 0.6) is 0 Å². The first-order chi connectivity index (χ1) is 17.8. The van der Waals surface area contributed by atoms with Crippen molar-refractivity contribution in [3.05, 3.63) is 130 Å². The summed E-state index contributed by atoms with van der Waals surface area (Å²) >= 11 is 3.71. The molecule has 2 aliphatic rings. The van der Waals surface area contributed by atoms with Crippen LogP contribution in [0.25, 0.3) is 54.3 Å². The number of benzene rings is 4. The normalized spacial score (nSPS) is 12.8. The summed E-state index contributed by atoms with van der Waals surface area (Å²) in [5, 5.41) is 4.56. The van der Waals surface area contributed by atoms with Gasteiger partial charge in [-0.2, -0.15) is 0 Å². The lowest BCUT2D eigenvalue weighted by atomic mass is 9.92. The van der Waals surface area contributed by atoms with Gasteiger partial charge in [-0.1, -0.05) is 91.0 Å². The maximum Gasteiger partial charge on any atom is 0.0527 e. The molecule has 0 radical (unpaired) electrons. The van der Waals surface area contributed by atoms with Gasteiger partial charge in [0.15, 0.2) is 0 Å². The molecule has 0 saturated carbocycles. The van der Waals surface area contributed by atoms with Crippen molar-refractivity contribution in [2.75, 3.05) is 0 Å². The minimum Gasteiger partial charge on any atom is -0.143 e. The zero-order valence-corrected chi connectivity index (χ0v) is 21.3. The van der Waals surface area contributed by atoms with Crippen LogP contribution in [0.15, 0.2) is 108 Å². The third-order valence-corrected chi connectivity index (χ3v) is 9.75. The second-order valence-corrected chi connectivity index (χ2v) is 11.6. The molecule has 2 aromatic heterocycles.